The van der Waals surface area contributed by atoms with Gasteiger partial charge in [0.25, 0.3) is 5.91 Å². The van der Waals surface area contributed by atoms with Crippen molar-refractivity contribution in [2.24, 2.45) is 11.8 Å². The molecule has 19 heavy (non-hydrogen) atoms. The quantitative estimate of drug-likeness (QED) is 0.846. The summed E-state index contributed by atoms with van der Waals surface area (Å²) in [6.07, 6.45) is 3.41. The first-order valence-corrected chi connectivity index (χ1v) is 7.73. The lowest BCUT2D eigenvalue weighted by Crippen LogP contribution is -2.50. The minimum atomic E-state index is -0.288. The standard InChI is InChI=1S/C15H28N2O2/c1-11-4-5-14(10-12(11)2)19-13(3)15(18)17-8-6-16-7-9-17/h11-14,16H,4-10H2,1-3H3. The Kier molecular flexibility index (Phi) is 5.22. The topological polar surface area (TPSA) is 41.6 Å². The van der Waals surface area contributed by atoms with Crippen molar-refractivity contribution in [2.45, 2.75) is 52.2 Å². The molecule has 0 aromatic rings. The molecule has 1 saturated carbocycles. The van der Waals surface area contributed by atoms with Gasteiger partial charge in [0.2, 0.25) is 0 Å². The lowest BCUT2D eigenvalue weighted by Gasteiger charge is -2.35. The average Bonchev–Trinajstić information content (AvgIpc) is 2.43. The van der Waals surface area contributed by atoms with Crippen LogP contribution in [0.15, 0.2) is 0 Å². The second-order valence-electron chi connectivity index (χ2n) is 6.24. The number of piperazine rings is 1. The molecule has 1 heterocycles. The molecule has 0 spiro atoms. The number of rotatable bonds is 3. The molecule has 0 radical (unpaired) electrons. The summed E-state index contributed by atoms with van der Waals surface area (Å²) < 4.78 is 6.01. The minimum absolute atomic E-state index is 0.160. The Morgan fingerprint density at radius 1 is 1.21 bits per heavy atom. The van der Waals surface area contributed by atoms with E-state index in [1.807, 2.05) is 11.8 Å². The van der Waals surface area contributed by atoms with Crippen LogP contribution in [0.5, 0.6) is 0 Å². The van der Waals surface area contributed by atoms with Crippen molar-refractivity contribution in [2.75, 3.05) is 26.2 Å². The van der Waals surface area contributed by atoms with E-state index in [0.717, 1.165) is 44.9 Å². The Balaban J connectivity index is 1.79. The van der Waals surface area contributed by atoms with Crippen molar-refractivity contribution >= 4 is 5.91 Å². The number of hydrogen-bond acceptors (Lipinski definition) is 3. The van der Waals surface area contributed by atoms with E-state index in [2.05, 4.69) is 19.2 Å². The fourth-order valence-electron chi connectivity index (χ4n) is 3.11. The summed E-state index contributed by atoms with van der Waals surface area (Å²) in [6.45, 7) is 9.94. The van der Waals surface area contributed by atoms with Crippen molar-refractivity contribution in [3.63, 3.8) is 0 Å². The zero-order valence-electron chi connectivity index (χ0n) is 12.5. The zero-order chi connectivity index (χ0) is 13.8. The molecule has 1 N–H and O–H groups in total. The Morgan fingerprint density at radius 2 is 1.89 bits per heavy atom. The van der Waals surface area contributed by atoms with Crippen LogP contribution in [0.3, 0.4) is 0 Å². The van der Waals surface area contributed by atoms with Gasteiger partial charge in [-0.15, -0.1) is 0 Å². The normalized spacial score (nSPS) is 34.1. The Labute approximate surface area is 116 Å². The minimum Gasteiger partial charge on any atom is -0.365 e. The van der Waals surface area contributed by atoms with Crippen LogP contribution in [0.1, 0.15) is 40.0 Å². The molecule has 4 atom stereocenters. The number of nitrogens with zero attached hydrogens (tertiary/aromatic N) is 1. The first-order chi connectivity index (χ1) is 9.08. The van der Waals surface area contributed by atoms with Gasteiger partial charge < -0.3 is 15.0 Å². The SMILES string of the molecule is CC(OC1CCC(C)C(C)C1)C(=O)N1CCNCC1. The second-order valence-corrected chi connectivity index (χ2v) is 6.24. The van der Waals surface area contributed by atoms with E-state index in [4.69, 9.17) is 4.74 Å². The molecule has 1 saturated heterocycles. The van der Waals surface area contributed by atoms with E-state index in [1.54, 1.807) is 0 Å². The molecule has 4 heteroatoms. The van der Waals surface area contributed by atoms with Crippen molar-refractivity contribution in [3.8, 4) is 0 Å². The van der Waals surface area contributed by atoms with Gasteiger partial charge in [-0.1, -0.05) is 13.8 Å². The Hall–Kier alpha value is -0.610. The van der Waals surface area contributed by atoms with Crippen LogP contribution in [0.2, 0.25) is 0 Å². The van der Waals surface area contributed by atoms with Crippen LogP contribution in [0, 0.1) is 11.8 Å². The van der Waals surface area contributed by atoms with E-state index < -0.39 is 0 Å². The maximum Gasteiger partial charge on any atom is 0.251 e. The number of ether oxygens (including phenoxy) is 1. The number of hydrogen-bond donors (Lipinski definition) is 1. The molecule has 110 valence electrons. The van der Waals surface area contributed by atoms with Gasteiger partial charge >= 0.3 is 0 Å². The molecule has 1 aliphatic heterocycles. The molecule has 0 aromatic heterocycles. The molecule has 0 bridgehead atoms. The second kappa shape index (κ2) is 6.71. The van der Waals surface area contributed by atoms with E-state index in [-0.39, 0.29) is 18.1 Å². The van der Waals surface area contributed by atoms with Gasteiger partial charge in [0.15, 0.2) is 0 Å². The summed E-state index contributed by atoms with van der Waals surface area (Å²) >= 11 is 0. The summed E-state index contributed by atoms with van der Waals surface area (Å²) in [6, 6.07) is 0. The Bertz CT molecular complexity index is 303. The highest BCUT2D eigenvalue weighted by molar-refractivity contribution is 5.80. The summed E-state index contributed by atoms with van der Waals surface area (Å²) in [5.41, 5.74) is 0. The van der Waals surface area contributed by atoms with Gasteiger partial charge in [-0.3, -0.25) is 4.79 Å². The molecular weight excluding hydrogens is 240 g/mol. The van der Waals surface area contributed by atoms with Gasteiger partial charge in [0.1, 0.15) is 6.10 Å². The number of nitrogens with one attached hydrogen (secondary N) is 1. The molecular formula is C15H28N2O2. The fourth-order valence-corrected chi connectivity index (χ4v) is 3.11. The van der Waals surface area contributed by atoms with Crippen molar-refractivity contribution in [1.82, 2.24) is 10.2 Å². The molecule has 1 amide bonds. The van der Waals surface area contributed by atoms with Crippen molar-refractivity contribution in [3.05, 3.63) is 0 Å². The highest BCUT2D eigenvalue weighted by Gasteiger charge is 2.29. The van der Waals surface area contributed by atoms with Gasteiger partial charge in [0, 0.05) is 26.2 Å². The first-order valence-electron chi connectivity index (χ1n) is 7.73. The third kappa shape index (κ3) is 3.93. The van der Waals surface area contributed by atoms with Crippen LogP contribution in [0.25, 0.3) is 0 Å². The zero-order valence-corrected chi connectivity index (χ0v) is 12.5. The van der Waals surface area contributed by atoms with Crippen LogP contribution in [-0.4, -0.2) is 49.2 Å². The lowest BCUT2D eigenvalue weighted by molar-refractivity contribution is -0.149. The maximum atomic E-state index is 12.3. The lowest BCUT2D eigenvalue weighted by atomic mass is 9.80. The van der Waals surface area contributed by atoms with Crippen LogP contribution >= 0.6 is 0 Å². The molecule has 2 rings (SSSR count). The largest absolute Gasteiger partial charge is 0.365 e. The van der Waals surface area contributed by atoms with E-state index >= 15 is 0 Å². The predicted octanol–water partition coefficient (Wildman–Crippen LogP) is 1.65. The van der Waals surface area contributed by atoms with E-state index in [1.165, 1.54) is 6.42 Å². The maximum absolute atomic E-state index is 12.3. The summed E-state index contributed by atoms with van der Waals surface area (Å²) in [7, 11) is 0. The predicted molar refractivity (Wildman–Crippen MR) is 76.0 cm³/mol. The van der Waals surface area contributed by atoms with Crippen LogP contribution in [-0.2, 0) is 9.53 Å². The molecule has 1 aliphatic carbocycles. The summed E-state index contributed by atoms with van der Waals surface area (Å²) in [5, 5.41) is 3.27. The van der Waals surface area contributed by atoms with Gasteiger partial charge in [0.05, 0.1) is 6.10 Å². The highest BCUT2D eigenvalue weighted by atomic mass is 16.5. The van der Waals surface area contributed by atoms with E-state index in [0.29, 0.717) is 5.92 Å². The van der Waals surface area contributed by atoms with Crippen molar-refractivity contribution in [1.29, 1.82) is 0 Å². The van der Waals surface area contributed by atoms with Crippen LogP contribution < -0.4 is 5.32 Å². The highest BCUT2D eigenvalue weighted by Crippen LogP contribution is 2.31. The average molecular weight is 268 g/mol. The van der Waals surface area contributed by atoms with Gasteiger partial charge in [-0.05, 0) is 38.0 Å². The number of carbonyl (C=O) groups excluding carboxylic acids is 1. The monoisotopic (exact) mass is 268 g/mol. The molecule has 4 unspecified atom stereocenters. The van der Waals surface area contributed by atoms with Gasteiger partial charge in [-0.2, -0.15) is 0 Å². The van der Waals surface area contributed by atoms with Crippen molar-refractivity contribution < 1.29 is 9.53 Å². The van der Waals surface area contributed by atoms with Gasteiger partial charge in [-0.25, -0.2) is 0 Å². The number of amides is 1. The van der Waals surface area contributed by atoms with Crippen LogP contribution in [0.4, 0.5) is 0 Å². The smallest absolute Gasteiger partial charge is 0.251 e. The molecule has 0 aromatic carbocycles. The molecule has 4 nitrogen and oxygen atoms in total. The third-order valence-electron chi connectivity index (χ3n) is 4.72. The first kappa shape index (κ1) is 14.8. The fraction of sp³-hybridized carbons (Fsp3) is 0.933. The molecule has 2 aliphatic rings. The summed E-state index contributed by atoms with van der Waals surface area (Å²) in [5.74, 6) is 1.66. The summed E-state index contributed by atoms with van der Waals surface area (Å²) in [4.78, 5) is 14.2. The number of carbonyl (C=O) groups is 1. The molecule has 2 fully saturated rings. The Morgan fingerprint density at radius 3 is 2.53 bits per heavy atom. The van der Waals surface area contributed by atoms with E-state index in [9.17, 15) is 4.79 Å². The third-order valence-corrected chi connectivity index (χ3v) is 4.72.